The zero-order chi connectivity index (χ0) is 28.2. The van der Waals surface area contributed by atoms with E-state index >= 15 is 0 Å². The maximum atomic E-state index is 13.9. The second-order valence-electron chi connectivity index (χ2n) is 11.6. The van der Waals surface area contributed by atoms with Gasteiger partial charge in [-0.1, -0.05) is 26.0 Å². The van der Waals surface area contributed by atoms with E-state index in [0.717, 1.165) is 28.7 Å². The molecule has 37 heavy (non-hydrogen) atoms. The fourth-order valence-electron chi connectivity index (χ4n) is 4.30. The minimum absolute atomic E-state index is 0.138. The molecule has 0 spiro atoms. The van der Waals surface area contributed by atoms with Crippen LogP contribution in [0.15, 0.2) is 30.3 Å². The first kappa shape index (κ1) is 30.9. The van der Waals surface area contributed by atoms with Gasteiger partial charge >= 0.3 is 5.97 Å². The summed E-state index contributed by atoms with van der Waals surface area (Å²) in [5, 5.41) is 16.3. The molecule has 0 bridgehead atoms. The first-order chi connectivity index (χ1) is 17.0. The van der Waals surface area contributed by atoms with Crippen LogP contribution < -0.4 is 14.9 Å². The van der Waals surface area contributed by atoms with Gasteiger partial charge in [0.2, 0.25) is 7.44 Å². The lowest BCUT2D eigenvalue weighted by molar-refractivity contribution is -0.148. The summed E-state index contributed by atoms with van der Waals surface area (Å²) in [5.41, 5.74) is 3.73. The highest BCUT2D eigenvalue weighted by Gasteiger charge is 2.39. The Bertz CT molecular complexity index is 1130. The zero-order valence-corrected chi connectivity index (χ0v) is 25.0. The first-order valence-electron chi connectivity index (χ1n) is 12.9. The maximum absolute atomic E-state index is 13.9. The molecule has 0 amide bonds. The molecule has 0 saturated heterocycles. The van der Waals surface area contributed by atoms with Gasteiger partial charge in [-0.3, -0.25) is 9.36 Å². The van der Waals surface area contributed by atoms with Gasteiger partial charge in [-0.05, 0) is 114 Å². The summed E-state index contributed by atoms with van der Waals surface area (Å²) in [6.45, 7) is 19.2. The lowest BCUT2D eigenvalue weighted by atomic mass is 9.93. The minimum Gasteiger partial charge on any atom is -0.508 e. The first-order valence-corrected chi connectivity index (χ1v) is 14.8. The summed E-state index contributed by atoms with van der Waals surface area (Å²) in [6, 6.07) is 9.68. The van der Waals surface area contributed by atoms with E-state index in [1.54, 1.807) is 26.8 Å². The summed E-state index contributed by atoms with van der Waals surface area (Å²) in [7, 11) is -3.37. The number of carbonyl (C=O) groups is 1. The number of hydrogen-bond acceptors (Lipinski definition) is 5. The van der Waals surface area contributed by atoms with E-state index in [4.69, 9.17) is 9.47 Å². The Morgan fingerprint density at radius 2 is 1.62 bits per heavy atom. The van der Waals surface area contributed by atoms with Crippen LogP contribution in [-0.4, -0.2) is 35.1 Å². The van der Waals surface area contributed by atoms with Crippen molar-refractivity contribution in [2.24, 2.45) is 0 Å². The molecule has 206 valence electrons. The summed E-state index contributed by atoms with van der Waals surface area (Å²) in [5.74, 6) is 0.692. The normalized spacial score (nSPS) is 13.9. The lowest BCUT2D eigenvalue weighted by Gasteiger charge is -2.34. The predicted molar refractivity (Wildman–Crippen MR) is 151 cm³/mol. The van der Waals surface area contributed by atoms with Crippen molar-refractivity contribution in [3.63, 3.8) is 0 Å². The molecule has 0 aliphatic carbocycles. The molecule has 1 unspecified atom stereocenters. The molecule has 2 rings (SSSR count). The van der Waals surface area contributed by atoms with Crippen molar-refractivity contribution in [3.05, 3.63) is 58.1 Å². The number of ether oxygens (including phenoxy) is 2. The maximum Gasteiger partial charge on any atom is 0.326 e. The van der Waals surface area contributed by atoms with E-state index < -0.39 is 24.5 Å². The van der Waals surface area contributed by atoms with Crippen molar-refractivity contribution in [3.8, 4) is 11.5 Å². The standard InChI is InChI=1S/C29H45N2O5P/c1-11-35-27(33)29(9,10)31-37(34,30-28(6,7)8)18-36-23-14-20(4)25(21(5)15-23)17-22-12-13-26(32)24(16-22)19(2)3/h12-16,19,32H,11,17-18H2,1-10H3,(H2,30,31,34). The molecule has 0 fully saturated rings. The molecule has 7 nitrogen and oxygen atoms in total. The molecule has 0 aromatic heterocycles. The highest BCUT2D eigenvalue weighted by Crippen LogP contribution is 2.42. The molecule has 8 heteroatoms. The van der Waals surface area contributed by atoms with Crippen molar-refractivity contribution < 1.29 is 23.9 Å². The summed E-state index contributed by atoms with van der Waals surface area (Å²) in [4.78, 5) is 12.4. The highest BCUT2D eigenvalue weighted by atomic mass is 31.2. The number of aromatic hydroxyl groups is 1. The van der Waals surface area contributed by atoms with Gasteiger partial charge in [0.15, 0.2) is 6.35 Å². The molecule has 0 saturated carbocycles. The Morgan fingerprint density at radius 1 is 1.03 bits per heavy atom. The van der Waals surface area contributed by atoms with E-state index in [2.05, 4.69) is 30.1 Å². The SMILES string of the molecule is CCOC(=O)C(C)(C)NP(=O)(COc1cc(C)c(Cc2ccc(O)c(C(C)C)c2)c(C)c1)NC(C)(C)C. The van der Waals surface area contributed by atoms with E-state index in [1.807, 2.05) is 52.8 Å². The largest absolute Gasteiger partial charge is 0.508 e. The molecule has 0 aliphatic rings. The molecule has 2 aromatic carbocycles. The second-order valence-corrected chi connectivity index (χ2v) is 13.8. The van der Waals surface area contributed by atoms with Crippen LogP contribution in [0.4, 0.5) is 0 Å². The zero-order valence-electron chi connectivity index (χ0n) is 24.1. The molecular weight excluding hydrogens is 487 g/mol. The van der Waals surface area contributed by atoms with Gasteiger partial charge in [0.25, 0.3) is 0 Å². The predicted octanol–water partition coefficient (Wildman–Crippen LogP) is 6.57. The Hall–Kier alpha value is -2.34. The summed E-state index contributed by atoms with van der Waals surface area (Å²) in [6.07, 6.45) is 0.596. The highest BCUT2D eigenvalue weighted by molar-refractivity contribution is 7.59. The van der Waals surface area contributed by atoms with Crippen LogP contribution in [0.2, 0.25) is 0 Å². The van der Waals surface area contributed by atoms with Crippen LogP contribution in [0.1, 0.15) is 89.1 Å². The minimum atomic E-state index is -3.37. The van der Waals surface area contributed by atoms with Gasteiger partial charge in [0.05, 0.1) is 6.61 Å². The van der Waals surface area contributed by atoms with E-state index in [0.29, 0.717) is 11.5 Å². The van der Waals surface area contributed by atoms with Crippen LogP contribution in [0.25, 0.3) is 0 Å². The smallest absolute Gasteiger partial charge is 0.326 e. The third kappa shape index (κ3) is 8.87. The molecule has 0 radical (unpaired) electrons. The van der Waals surface area contributed by atoms with E-state index in [1.165, 1.54) is 5.56 Å². The fourth-order valence-corrected chi connectivity index (χ4v) is 6.90. The number of phenolic OH excluding ortho intramolecular Hbond substituents is 1. The number of hydrogen-bond donors (Lipinski definition) is 3. The third-order valence-corrected chi connectivity index (χ3v) is 8.38. The second kappa shape index (κ2) is 12.0. The van der Waals surface area contributed by atoms with Gasteiger partial charge in [0, 0.05) is 5.54 Å². The van der Waals surface area contributed by atoms with E-state index in [-0.39, 0.29) is 18.9 Å². The van der Waals surface area contributed by atoms with E-state index in [9.17, 15) is 14.5 Å². The Labute approximate surface area is 222 Å². The van der Waals surface area contributed by atoms with Gasteiger partial charge in [-0.25, -0.2) is 10.2 Å². The fraction of sp³-hybridized carbons (Fsp3) is 0.552. The Morgan fingerprint density at radius 3 is 2.14 bits per heavy atom. The number of aryl methyl sites for hydroxylation is 2. The van der Waals surface area contributed by atoms with Crippen LogP contribution in [0.3, 0.4) is 0 Å². The molecular formula is C29H45N2O5P. The monoisotopic (exact) mass is 532 g/mol. The van der Waals surface area contributed by atoms with Crippen LogP contribution in [-0.2, 0) is 20.5 Å². The van der Waals surface area contributed by atoms with Crippen molar-refractivity contribution in [2.45, 2.75) is 92.7 Å². The number of benzene rings is 2. The Kier molecular flexibility index (Phi) is 10.0. The number of esters is 1. The van der Waals surface area contributed by atoms with Crippen molar-refractivity contribution in [1.82, 2.24) is 10.2 Å². The number of carbonyl (C=O) groups excluding carboxylic acids is 1. The van der Waals surface area contributed by atoms with Crippen molar-refractivity contribution >= 4 is 13.4 Å². The molecule has 3 N–H and O–H groups in total. The van der Waals surface area contributed by atoms with Gasteiger partial charge in [0.1, 0.15) is 17.0 Å². The number of nitrogens with one attached hydrogen (secondary N) is 2. The van der Waals surface area contributed by atoms with Gasteiger partial charge in [-0.15, -0.1) is 0 Å². The number of rotatable bonds is 11. The Balaban J connectivity index is 2.27. The van der Waals surface area contributed by atoms with Gasteiger partial charge in [-0.2, -0.15) is 0 Å². The molecule has 1 atom stereocenters. The summed E-state index contributed by atoms with van der Waals surface area (Å²) < 4.78 is 25.2. The number of phenols is 1. The average Bonchev–Trinajstić information content (AvgIpc) is 2.74. The van der Waals surface area contributed by atoms with Crippen LogP contribution in [0, 0.1) is 13.8 Å². The van der Waals surface area contributed by atoms with Gasteiger partial charge < -0.3 is 14.6 Å². The van der Waals surface area contributed by atoms with Crippen LogP contribution in [0.5, 0.6) is 11.5 Å². The van der Waals surface area contributed by atoms with Crippen molar-refractivity contribution in [2.75, 3.05) is 13.0 Å². The molecule has 0 aliphatic heterocycles. The van der Waals surface area contributed by atoms with Crippen LogP contribution >= 0.6 is 7.44 Å². The molecule has 2 aromatic rings. The van der Waals surface area contributed by atoms with Crippen molar-refractivity contribution in [1.29, 1.82) is 0 Å². The summed E-state index contributed by atoms with van der Waals surface area (Å²) >= 11 is 0. The topological polar surface area (TPSA) is 96.9 Å². The quantitative estimate of drug-likeness (QED) is 0.222. The third-order valence-electron chi connectivity index (χ3n) is 5.94. The lowest BCUT2D eigenvalue weighted by Crippen LogP contribution is -2.51. The molecule has 0 heterocycles. The average molecular weight is 533 g/mol.